The van der Waals surface area contributed by atoms with Gasteiger partial charge in [-0.3, -0.25) is 14.4 Å². The van der Waals surface area contributed by atoms with Crippen LogP contribution in [0.2, 0.25) is 0 Å². The Hall–Kier alpha value is -4.47. The third-order valence-electron chi connectivity index (χ3n) is 5.56. The van der Waals surface area contributed by atoms with Crippen LogP contribution < -0.4 is 9.91 Å². The number of amides is 1. The van der Waals surface area contributed by atoms with Crippen LogP contribution in [-0.2, 0) is 23.9 Å². The summed E-state index contributed by atoms with van der Waals surface area (Å²) in [5, 5.41) is 14.6. The van der Waals surface area contributed by atoms with E-state index in [1.165, 1.54) is 29.3 Å². The summed E-state index contributed by atoms with van der Waals surface area (Å²) in [4.78, 5) is 50.2. The topological polar surface area (TPSA) is 126 Å². The molecule has 0 atom stereocenters. The van der Waals surface area contributed by atoms with Gasteiger partial charge in [-0.2, -0.15) is 10.1 Å². The van der Waals surface area contributed by atoms with Gasteiger partial charge in [-0.25, -0.2) is 4.79 Å². The Kier molecular flexibility index (Phi) is 9.75. The fourth-order valence-corrected chi connectivity index (χ4v) is 3.63. The van der Waals surface area contributed by atoms with Crippen LogP contribution in [0, 0.1) is 0 Å². The standard InChI is InChI=1S/C28H31N3O7/c1-4-14-37-25(32)17-30(18-26(33)38-15-5-2)22-10-6-20(7-11-22)16-24-19(3)29-31(27(24)34)23-12-8-21(9-13-23)28(35)36/h6-13,16H,4-5,14-15,17-18H2,1-3H3,(H,35,36)/b24-16-. The molecule has 0 saturated carbocycles. The molecule has 1 aliphatic heterocycles. The van der Waals surface area contributed by atoms with Crippen molar-refractivity contribution in [2.24, 2.45) is 5.10 Å². The quantitative estimate of drug-likeness (QED) is 0.329. The van der Waals surface area contributed by atoms with Crippen LogP contribution in [0.5, 0.6) is 0 Å². The SMILES string of the molecule is CCCOC(=O)CN(CC(=O)OCCC)c1ccc(/C=C2\C(=O)N(c3ccc(C(=O)O)cc3)N=C2C)cc1. The first-order valence-electron chi connectivity index (χ1n) is 12.3. The minimum atomic E-state index is -1.05. The van der Waals surface area contributed by atoms with Crippen molar-refractivity contribution < 1.29 is 33.8 Å². The van der Waals surface area contributed by atoms with E-state index in [-0.39, 0.29) is 24.6 Å². The van der Waals surface area contributed by atoms with Gasteiger partial charge in [0.05, 0.1) is 35.7 Å². The third kappa shape index (κ3) is 7.28. The van der Waals surface area contributed by atoms with Gasteiger partial charge >= 0.3 is 17.9 Å². The average Bonchev–Trinajstić information content (AvgIpc) is 3.19. The summed E-state index contributed by atoms with van der Waals surface area (Å²) in [6.07, 6.45) is 3.09. The lowest BCUT2D eigenvalue weighted by molar-refractivity contribution is -0.143. The molecule has 2 aromatic rings. The van der Waals surface area contributed by atoms with Crippen LogP contribution in [-0.4, -0.2) is 60.9 Å². The maximum atomic E-state index is 13.0. The maximum absolute atomic E-state index is 13.0. The molecule has 0 radical (unpaired) electrons. The molecular formula is C28H31N3O7. The molecule has 0 unspecified atom stereocenters. The van der Waals surface area contributed by atoms with Gasteiger partial charge in [0.2, 0.25) is 0 Å². The van der Waals surface area contributed by atoms with Crippen molar-refractivity contribution in [1.82, 2.24) is 0 Å². The van der Waals surface area contributed by atoms with Gasteiger partial charge in [0.1, 0.15) is 13.1 Å². The van der Waals surface area contributed by atoms with Crippen molar-refractivity contribution >= 4 is 47.0 Å². The second-order valence-electron chi connectivity index (χ2n) is 8.60. The third-order valence-corrected chi connectivity index (χ3v) is 5.56. The van der Waals surface area contributed by atoms with Gasteiger partial charge in [0.25, 0.3) is 5.91 Å². The van der Waals surface area contributed by atoms with Gasteiger partial charge in [-0.15, -0.1) is 0 Å². The molecule has 3 rings (SSSR count). The Morgan fingerprint density at radius 3 is 1.97 bits per heavy atom. The number of carbonyl (C=O) groups excluding carboxylic acids is 3. The summed E-state index contributed by atoms with van der Waals surface area (Å²) in [6, 6.07) is 12.9. The molecular weight excluding hydrogens is 490 g/mol. The number of carboxylic acid groups (broad SMARTS) is 1. The Bertz CT molecular complexity index is 1210. The fraction of sp³-hybridized carbons (Fsp3) is 0.321. The minimum Gasteiger partial charge on any atom is -0.478 e. The van der Waals surface area contributed by atoms with Gasteiger partial charge in [0.15, 0.2) is 0 Å². The zero-order chi connectivity index (χ0) is 27.7. The molecule has 0 bridgehead atoms. The Labute approximate surface area is 221 Å². The normalized spacial score (nSPS) is 13.9. The zero-order valence-electron chi connectivity index (χ0n) is 21.7. The van der Waals surface area contributed by atoms with E-state index >= 15 is 0 Å². The van der Waals surface area contributed by atoms with Crippen molar-refractivity contribution in [2.45, 2.75) is 33.6 Å². The lowest BCUT2D eigenvalue weighted by atomic mass is 10.1. The number of hydrogen-bond acceptors (Lipinski definition) is 8. The van der Waals surface area contributed by atoms with E-state index in [2.05, 4.69) is 5.10 Å². The van der Waals surface area contributed by atoms with Crippen LogP contribution in [0.4, 0.5) is 11.4 Å². The highest BCUT2D eigenvalue weighted by molar-refractivity contribution is 6.32. The van der Waals surface area contributed by atoms with Gasteiger partial charge in [-0.05, 0) is 67.8 Å². The Morgan fingerprint density at radius 2 is 1.47 bits per heavy atom. The smallest absolute Gasteiger partial charge is 0.335 e. The number of carboxylic acids is 1. The van der Waals surface area contributed by atoms with E-state index in [0.29, 0.717) is 48.7 Å². The van der Waals surface area contributed by atoms with E-state index in [0.717, 1.165) is 5.56 Å². The number of anilines is 2. The van der Waals surface area contributed by atoms with Crippen LogP contribution in [0.3, 0.4) is 0 Å². The van der Waals surface area contributed by atoms with Crippen molar-refractivity contribution in [2.75, 3.05) is 36.2 Å². The first-order valence-corrected chi connectivity index (χ1v) is 12.3. The molecule has 0 aliphatic carbocycles. The summed E-state index contributed by atoms with van der Waals surface area (Å²) in [5.41, 5.74) is 2.82. The summed E-state index contributed by atoms with van der Waals surface area (Å²) < 4.78 is 10.4. The second kappa shape index (κ2) is 13.2. The highest BCUT2D eigenvalue weighted by atomic mass is 16.5. The molecule has 1 aliphatic rings. The Morgan fingerprint density at radius 1 is 0.921 bits per heavy atom. The first kappa shape index (κ1) is 28.1. The van der Waals surface area contributed by atoms with Crippen molar-refractivity contribution in [3.63, 3.8) is 0 Å². The van der Waals surface area contributed by atoms with Gasteiger partial charge < -0.3 is 19.5 Å². The summed E-state index contributed by atoms with van der Waals surface area (Å²) in [7, 11) is 0. The monoisotopic (exact) mass is 521 g/mol. The highest BCUT2D eigenvalue weighted by Crippen LogP contribution is 2.26. The van der Waals surface area contributed by atoms with Crippen molar-refractivity contribution in [3.05, 3.63) is 65.2 Å². The van der Waals surface area contributed by atoms with E-state index in [9.17, 15) is 19.2 Å². The molecule has 0 fully saturated rings. The Balaban J connectivity index is 1.77. The lowest BCUT2D eigenvalue weighted by Crippen LogP contribution is -2.36. The summed E-state index contributed by atoms with van der Waals surface area (Å²) >= 11 is 0. The predicted octanol–water partition coefficient (Wildman–Crippen LogP) is 3.90. The molecule has 10 nitrogen and oxygen atoms in total. The molecule has 200 valence electrons. The summed E-state index contributed by atoms with van der Waals surface area (Å²) in [5.74, 6) is -2.28. The van der Waals surface area contributed by atoms with E-state index in [1.807, 2.05) is 13.8 Å². The van der Waals surface area contributed by atoms with Crippen LogP contribution >= 0.6 is 0 Å². The van der Waals surface area contributed by atoms with E-state index in [4.69, 9.17) is 14.6 Å². The van der Waals surface area contributed by atoms with Crippen LogP contribution in [0.25, 0.3) is 6.08 Å². The van der Waals surface area contributed by atoms with E-state index in [1.54, 1.807) is 42.2 Å². The zero-order valence-corrected chi connectivity index (χ0v) is 21.7. The largest absolute Gasteiger partial charge is 0.478 e. The number of aromatic carboxylic acids is 1. The molecule has 1 heterocycles. The number of nitrogens with zero attached hydrogens (tertiary/aromatic N) is 3. The number of hydrogen-bond donors (Lipinski definition) is 1. The second-order valence-corrected chi connectivity index (χ2v) is 8.60. The predicted molar refractivity (Wildman–Crippen MR) is 143 cm³/mol. The number of hydrazone groups is 1. The summed E-state index contributed by atoms with van der Waals surface area (Å²) in [6.45, 7) is 5.90. The number of rotatable bonds is 12. The molecule has 0 saturated heterocycles. The minimum absolute atomic E-state index is 0.110. The molecule has 2 aromatic carbocycles. The molecule has 38 heavy (non-hydrogen) atoms. The number of esters is 2. The number of ether oxygens (including phenoxy) is 2. The van der Waals surface area contributed by atoms with Gasteiger partial charge in [-0.1, -0.05) is 26.0 Å². The average molecular weight is 522 g/mol. The molecule has 0 spiro atoms. The number of carbonyl (C=O) groups is 4. The lowest BCUT2D eigenvalue weighted by Gasteiger charge is -2.23. The van der Waals surface area contributed by atoms with Gasteiger partial charge in [0, 0.05) is 5.69 Å². The molecule has 1 amide bonds. The van der Waals surface area contributed by atoms with Crippen molar-refractivity contribution in [1.29, 1.82) is 0 Å². The van der Waals surface area contributed by atoms with Crippen LogP contribution in [0.1, 0.15) is 49.5 Å². The van der Waals surface area contributed by atoms with E-state index < -0.39 is 17.9 Å². The van der Waals surface area contributed by atoms with Crippen molar-refractivity contribution in [3.8, 4) is 0 Å². The fourth-order valence-electron chi connectivity index (χ4n) is 3.63. The maximum Gasteiger partial charge on any atom is 0.335 e. The highest BCUT2D eigenvalue weighted by Gasteiger charge is 2.29. The molecule has 10 heteroatoms. The number of benzene rings is 2. The van der Waals surface area contributed by atoms with Crippen LogP contribution in [0.15, 0.2) is 59.2 Å². The molecule has 1 N–H and O–H groups in total. The first-order chi connectivity index (χ1) is 18.2. The molecule has 0 aromatic heterocycles.